The molecule has 0 unspecified atom stereocenters. The van der Waals surface area contributed by atoms with Crippen molar-refractivity contribution in [2.75, 3.05) is 19.6 Å². The first kappa shape index (κ1) is 14.6. The van der Waals surface area contributed by atoms with Crippen LogP contribution < -0.4 is 5.32 Å². The van der Waals surface area contributed by atoms with Gasteiger partial charge in [-0.3, -0.25) is 9.59 Å². The Morgan fingerprint density at radius 2 is 2.30 bits per heavy atom. The second-order valence-corrected chi connectivity index (χ2v) is 5.12. The first-order valence-corrected chi connectivity index (χ1v) is 7.28. The largest absolute Gasteiger partial charge is 0.355 e. The highest BCUT2D eigenvalue weighted by atomic mass is 16.2. The first-order valence-electron chi connectivity index (χ1n) is 7.28. The minimum atomic E-state index is -0.0697. The van der Waals surface area contributed by atoms with Gasteiger partial charge in [-0.2, -0.15) is 0 Å². The normalized spacial score (nSPS) is 16.0. The molecule has 1 aliphatic heterocycles. The highest BCUT2D eigenvalue weighted by Gasteiger charge is 2.18. The van der Waals surface area contributed by atoms with E-state index in [1.165, 1.54) is 0 Å². The van der Waals surface area contributed by atoms with Crippen LogP contribution in [0.4, 0.5) is 0 Å². The molecule has 0 atom stereocenters. The fraction of sp³-hybridized carbons (Fsp3) is 0.643. The lowest BCUT2D eigenvalue weighted by Crippen LogP contribution is -2.40. The number of aryl methyl sites for hydroxylation is 1. The van der Waals surface area contributed by atoms with E-state index in [2.05, 4.69) is 15.3 Å². The number of aromatic amines is 1. The van der Waals surface area contributed by atoms with Crippen LogP contribution in [0.15, 0.2) is 12.4 Å². The molecule has 1 fully saturated rings. The highest BCUT2D eigenvalue weighted by molar-refractivity contribution is 5.84. The number of amides is 2. The molecule has 1 saturated heterocycles. The Bertz CT molecular complexity index is 430. The minimum Gasteiger partial charge on any atom is -0.355 e. The van der Waals surface area contributed by atoms with Crippen LogP contribution in [-0.2, 0) is 16.0 Å². The molecule has 1 aromatic heterocycles. The smallest absolute Gasteiger partial charge is 0.239 e. The van der Waals surface area contributed by atoms with Crippen molar-refractivity contribution in [3.8, 4) is 0 Å². The van der Waals surface area contributed by atoms with Crippen LogP contribution in [0.2, 0.25) is 0 Å². The molecule has 2 rings (SSSR count). The summed E-state index contributed by atoms with van der Waals surface area (Å²) < 4.78 is 0. The van der Waals surface area contributed by atoms with E-state index < -0.39 is 0 Å². The van der Waals surface area contributed by atoms with Crippen molar-refractivity contribution in [2.24, 2.45) is 0 Å². The lowest BCUT2D eigenvalue weighted by molar-refractivity contribution is -0.135. The van der Waals surface area contributed by atoms with Gasteiger partial charge in [0.1, 0.15) is 5.82 Å². The molecule has 0 aliphatic carbocycles. The number of nitrogens with one attached hydrogen (secondary N) is 2. The molecule has 1 aromatic rings. The van der Waals surface area contributed by atoms with Gasteiger partial charge < -0.3 is 15.2 Å². The Morgan fingerprint density at radius 3 is 3.10 bits per heavy atom. The number of aromatic nitrogens is 2. The summed E-state index contributed by atoms with van der Waals surface area (Å²) in [5, 5.41) is 2.86. The van der Waals surface area contributed by atoms with Crippen LogP contribution in [0.25, 0.3) is 0 Å². The van der Waals surface area contributed by atoms with Gasteiger partial charge in [-0.05, 0) is 19.3 Å². The van der Waals surface area contributed by atoms with Crippen molar-refractivity contribution in [1.29, 1.82) is 0 Å². The molecule has 0 radical (unpaired) electrons. The molecule has 2 heterocycles. The first-order chi connectivity index (χ1) is 9.75. The Balaban J connectivity index is 1.63. The Labute approximate surface area is 119 Å². The SMILES string of the molecule is O=C(CN1CCCCCC1=O)NCCCc1ncc[nH]1. The molecule has 0 bridgehead atoms. The van der Waals surface area contributed by atoms with Gasteiger partial charge in [0.25, 0.3) is 0 Å². The Morgan fingerprint density at radius 1 is 1.40 bits per heavy atom. The fourth-order valence-electron chi connectivity index (χ4n) is 2.35. The molecular formula is C14H22N4O2. The molecule has 110 valence electrons. The molecule has 0 saturated carbocycles. The summed E-state index contributed by atoms with van der Waals surface area (Å²) in [5.74, 6) is 0.967. The van der Waals surface area contributed by atoms with Gasteiger partial charge in [0, 0.05) is 38.3 Å². The van der Waals surface area contributed by atoms with E-state index in [-0.39, 0.29) is 18.4 Å². The Hall–Kier alpha value is -1.85. The average molecular weight is 278 g/mol. The molecular weight excluding hydrogens is 256 g/mol. The quantitative estimate of drug-likeness (QED) is 0.758. The van der Waals surface area contributed by atoms with Crippen LogP contribution in [0.5, 0.6) is 0 Å². The van der Waals surface area contributed by atoms with Gasteiger partial charge >= 0.3 is 0 Å². The maximum atomic E-state index is 11.8. The number of imidazole rings is 1. The van der Waals surface area contributed by atoms with E-state index in [4.69, 9.17) is 0 Å². The van der Waals surface area contributed by atoms with Crippen LogP contribution in [0, 0.1) is 0 Å². The lowest BCUT2D eigenvalue weighted by atomic mass is 10.2. The molecule has 6 nitrogen and oxygen atoms in total. The van der Waals surface area contributed by atoms with Gasteiger partial charge in [-0.1, -0.05) is 6.42 Å². The minimum absolute atomic E-state index is 0.0697. The highest BCUT2D eigenvalue weighted by Crippen LogP contribution is 2.10. The number of carbonyl (C=O) groups is 2. The maximum absolute atomic E-state index is 11.8. The third kappa shape index (κ3) is 4.68. The number of hydrogen-bond acceptors (Lipinski definition) is 3. The van der Waals surface area contributed by atoms with E-state index in [1.54, 1.807) is 17.3 Å². The summed E-state index contributed by atoms with van der Waals surface area (Å²) in [6, 6.07) is 0. The van der Waals surface area contributed by atoms with Crippen molar-refractivity contribution < 1.29 is 9.59 Å². The molecule has 20 heavy (non-hydrogen) atoms. The van der Waals surface area contributed by atoms with Crippen molar-refractivity contribution in [2.45, 2.75) is 38.5 Å². The average Bonchev–Trinajstić information content (AvgIpc) is 2.87. The topological polar surface area (TPSA) is 78.1 Å². The van der Waals surface area contributed by atoms with Crippen molar-refractivity contribution in [3.63, 3.8) is 0 Å². The summed E-state index contributed by atoms with van der Waals surface area (Å²) in [4.78, 5) is 32.4. The van der Waals surface area contributed by atoms with Crippen LogP contribution >= 0.6 is 0 Å². The molecule has 2 amide bonds. The van der Waals surface area contributed by atoms with Crippen molar-refractivity contribution >= 4 is 11.8 Å². The van der Waals surface area contributed by atoms with Gasteiger partial charge in [-0.25, -0.2) is 4.98 Å². The third-order valence-electron chi connectivity index (χ3n) is 3.47. The molecule has 2 N–H and O–H groups in total. The van der Waals surface area contributed by atoms with Crippen molar-refractivity contribution in [3.05, 3.63) is 18.2 Å². The van der Waals surface area contributed by atoms with E-state index >= 15 is 0 Å². The number of carbonyl (C=O) groups excluding carboxylic acids is 2. The van der Waals surface area contributed by atoms with Crippen LogP contribution in [-0.4, -0.2) is 46.3 Å². The maximum Gasteiger partial charge on any atom is 0.239 e. The summed E-state index contributed by atoms with van der Waals surface area (Å²) in [7, 11) is 0. The zero-order valence-electron chi connectivity index (χ0n) is 11.7. The van der Waals surface area contributed by atoms with E-state index in [0.29, 0.717) is 19.5 Å². The number of likely N-dealkylation sites (tertiary alicyclic amines) is 1. The van der Waals surface area contributed by atoms with E-state index in [0.717, 1.165) is 37.9 Å². The van der Waals surface area contributed by atoms with E-state index in [1.807, 2.05) is 0 Å². The fourth-order valence-corrected chi connectivity index (χ4v) is 2.35. The van der Waals surface area contributed by atoms with Gasteiger partial charge in [0.15, 0.2) is 0 Å². The molecule has 6 heteroatoms. The van der Waals surface area contributed by atoms with E-state index in [9.17, 15) is 9.59 Å². The predicted octanol–water partition coefficient (Wildman–Crippen LogP) is 0.861. The monoisotopic (exact) mass is 278 g/mol. The van der Waals surface area contributed by atoms with Gasteiger partial charge in [-0.15, -0.1) is 0 Å². The summed E-state index contributed by atoms with van der Waals surface area (Å²) in [5.41, 5.74) is 0. The van der Waals surface area contributed by atoms with Gasteiger partial charge in [0.05, 0.1) is 6.54 Å². The summed E-state index contributed by atoms with van der Waals surface area (Å²) >= 11 is 0. The molecule has 0 aromatic carbocycles. The summed E-state index contributed by atoms with van der Waals surface area (Å²) in [6.07, 6.45) is 8.76. The predicted molar refractivity (Wildman–Crippen MR) is 75.0 cm³/mol. The van der Waals surface area contributed by atoms with Crippen molar-refractivity contribution in [1.82, 2.24) is 20.2 Å². The number of H-pyrrole nitrogens is 1. The number of rotatable bonds is 6. The zero-order valence-corrected chi connectivity index (χ0v) is 11.7. The second-order valence-electron chi connectivity index (χ2n) is 5.12. The van der Waals surface area contributed by atoms with Crippen LogP contribution in [0.1, 0.15) is 37.9 Å². The third-order valence-corrected chi connectivity index (χ3v) is 3.47. The van der Waals surface area contributed by atoms with Crippen LogP contribution in [0.3, 0.4) is 0 Å². The van der Waals surface area contributed by atoms with Gasteiger partial charge in [0.2, 0.25) is 11.8 Å². The summed E-state index contributed by atoms with van der Waals surface area (Å²) in [6.45, 7) is 1.51. The number of nitrogens with zero attached hydrogens (tertiary/aromatic N) is 2. The number of hydrogen-bond donors (Lipinski definition) is 2. The molecule has 1 aliphatic rings. The molecule has 0 spiro atoms. The lowest BCUT2D eigenvalue weighted by Gasteiger charge is -2.19. The second kappa shape index (κ2) is 7.67. The zero-order chi connectivity index (χ0) is 14.2. The Kier molecular flexibility index (Phi) is 5.58. The standard InChI is InChI=1S/C14H22N4O2/c19-13(11-18-10-3-1-2-6-14(18)20)17-7-4-5-12-15-8-9-16-12/h8-9H,1-7,10-11H2,(H,15,16)(H,17,19).